The molecule has 1 saturated heterocycles. The number of benzene rings is 1. The van der Waals surface area contributed by atoms with E-state index in [0.717, 1.165) is 19.8 Å². The van der Waals surface area contributed by atoms with Gasteiger partial charge in [0.05, 0.1) is 13.2 Å². The molecule has 1 unspecified atom stereocenters. The number of unbranched alkanes of at least 4 members (excludes halogenated alkanes) is 1. The summed E-state index contributed by atoms with van der Waals surface area (Å²) >= 11 is 0. The summed E-state index contributed by atoms with van der Waals surface area (Å²) in [4.78, 5) is 2.45. The van der Waals surface area contributed by atoms with Crippen molar-refractivity contribution >= 4 is 0 Å². The van der Waals surface area contributed by atoms with E-state index in [1.807, 2.05) is 0 Å². The van der Waals surface area contributed by atoms with Crippen LogP contribution >= 0.6 is 0 Å². The molecule has 1 atom stereocenters. The fourth-order valence-electron chi connectivity index (χ4n) is 2.77. The number of rotatable bonds is 6. The predicted molar refractivity (Wildman–Crippen MR) is 77.0 cm³/mol. The van der Waals surface area contributed by atoms with Gasteiger partial charge in [0, 0.05) is 12.0 Å². The first kappa shape index (κ1) is 14.5. The van der Waals surface area contributed by atoms with Crippen molar-refractivity contribution in [2.24, 2.45) is 5.92 Å². The molecule has 0 amide bonds. The molecular formula is C16H25NO2. The Morgan fingerprint density at radius 2 is 1.89 bits per heavy atom. The Morgan fingerprint density at radius 3 is 2.53 bits per heavy atom. The van der Waals surface area contributed by atoms with Crippen LogP contribution in [0.25, 0.3) is 0 Å². The molecule has 3 nitrogen and oxygen atoms in total. The minimum Gasteiger partial charge on any atom is -0.355 e. The molecule has 0 aliphatic carbocycles. The second-order valence-corrected chi connectivity index (χ2v) is 5.31. The van der Waals surface area contributed by atoms with E-state index in [1.165, 1.54) is 18.4 Å². The van der Waals surface area contributed by atoms with Crippen molar-refractivity contribution in [1.29, 1.82) is 0 Å². The fourth-order valence-corrected chi connectivity index (χ4v) is 2.77. The SMILES string of the molecule is CCCCN(C)C(c1ccccc1)C1COCOC1. The van der Waals surface area contributed by atoms with Crippen molar-refractivity contribution in [2.45, 2.75) is 25.8 Å². The van der Waals surface area contributed by atoms with Crippen molar-refractivity contribution in [3.63, 3.8) is 0 Å². The summed E-state index contributed by atoms with van der Waals surface area (Å²) in [5.41, 5.74) is 1.36. The van der Waals surface area contributed by atoms with Gasteiger partial charge in [-0.25, -0.2) is 0 Å². The number of hydrogen-bond donors (Lipinski definition) is 0. The van der Waals surface area contributed by atoms with Gasteiger partial charge in [0.15, 0.2) is 0 Å². The standard InChI is InChI=1S/C16H25NO2/c1-3-4-10-17(2)16(14-8-6-5-7-9-14)15-11-18-13-19-12-15/h5-9,15-16H,3-4,10-13H2,1-2H3. The third-order valence-corrected chi connectivity index (χ3v) is 3.76. The van der Waals surface area contributed by atoms with Crippen LogP contribution in [0.5, 0.6) is 0 Å². The molecule has 1 heterocycles. The highest BCUT2D eigenvalue weighted by atomic mass is 16.7. The van der Waals surface area contributed by atoms with E-state index in [2.05, 4.69) is 49.2 Å². The summed E-state index contributed by atoms with van der Waals surface area (Å²) in [6, 6.07) is 11.1. The van der Waals surface area contributed by atoms with Gasteiger partial charge in [-0.2, -0.15) is 0 Å². The molecule has 0 N–H and O–H groups in total. The predicted octanol–water partition coefficient (Wildman–Crippen LogP) is 3.08. The summed E-state index contributed by atoms with van der Waals surface area (Å²) in [7, 11) is 2.21. The lowest BCUT2D eigenvalue weighted by molar-refractivity contribution is -0.140. The Hall–Kier alpha value is -0.900. The van der Waals surface area contributed by atoms with E-state index in [-0.39, 0.29) is 0 Å². The Balaban J connectivity index is 2.12. The minimum atomic E-state index is 0.382. The van der Waals surface area contributed by atoms with Gasteiger partial charge in [-0.05, 0) is 25.6 Å². The molecule has 1 aliphatic heterocycles. The van der Waals surface area contributed by atoms with Gasteiger partial charge in [0.1, 0.15) is 6.79 Å². The third kappa shape index (κ3) is 4.03. The van der Waals surface area contributed by atoms with Crippen molar-refractivity contribution < 1.29 is 9.47 Å². The summed E-state index contributed by atoms with van der Waals surface area (Å²) in [5.74, 6) is 0.415. The fraction of sp³-hybridized carbons (Fsp3) is 0.625. The Morgan fingerprint density at radius 1 is 1.21 bits per heavy atom. The van der Waals surface area contributed by atoms with Crippen LogP contribution < -0.4 is 0 Å². The van der Waals surface area contributed by atoms with E-state index in [1.54, 1.807) is 0 Å². The Labute approximate surface area is 116 Å². The van der Waals surface area contributed by atoms with Crippen molar-refractivity contribution in [3.05, 3.63) is 35.9 Å². The van der Waals surface area contributed by atoms with Crippen LogP contribution in [0, 0.1) is 5.92 Å². The molecule has 3 heteroatoms. The van der Waals surface area contributed by atoms with Gasteiger partial charge in [-0.3, -0.25) is 4.90 Å². The summed E-state index contributed by atoms with van der Waals surface area (Å²) in [6.07, 6.45) is 2.46. The molecule has 1 aliphatic rings. The highest BCUT2D eigenvalue weighted by Crippen LogP contribution is 2.30. The summed E-state index contributed by atoms with van der Waals surface area (Å²) in [6.45, 7) is 5.37. The lowest BCUT2D eigenvalue weighted by atomic mass is 9.92. The molecule has 106 valence electrons. The maximum atomic E-state index is 5.49. The molecule has 1 fully saturated rings. The molecule has 0 bridgehead atoms. The monoisotopic (exact) mass is 263 g/mol. The second-order valence-electron chi connectivity index (χ2n) is 5.31. The number of ether oxygens (including phenoxy) is 2. The first-order chi connectivity index (χ1) is 9.33. The van der Waals surface area contributed by atoms with Crippen molar-refractivity contribution in [3.8, 4) is 0 Å². The van der Waals surface area contributed by atoms with E-state index in [9.17, 15) is 0 Å². The van der Waals surface area contributed by atoms with Gasteiger partial charge in [0.25, 0.3) is 0 Å². The maximum absolute atomic E-state index is 5.49. The summed E-state index contributed by atoms with van der Waals surface area (Å²) in [5, 5.41) is 0. The van der Waals surface area contributed by atoms with Crippen molar-refractivity contribution in [2.75, 3.05) is 33.6 Å². The number of hydrogen-bond acceptors (Lipinski definition) is 3. The lowest BCUT2D eigenvalue weighted by Gasteiger charge is -2.36. The molecule has 0 spiro atoms. The minimum absolute atomic E-state index is 0.382. The zero-order valence-corrected chi connectivity index (χ0v) is 12.0. The first-order valence-electron chi connectivity index (χ1n) is 7.23. The van der Waals surface area contributed by atoms with Crippen LogP contribution in [0.3, 0.4) is 0 Å². The molecule has 0 radical (unpaired) electrons. The average molecular weight is 263 g/mol. The molecule has 0 saturated carbocycles. The average Bonchev–Trinajstić information content (AvgIpc) is 2.47. The van der Waals surface area contributed by atoms with E-state index < -0.39 is 0 Å². The van der Waals surface area contributed by atoms with Gasteiger partial charge in [0.2, 0.25) is 0 Å². The topological polar surface area (TPSA) is 21.7 Å². The van der Waals surface area contributed by atoms with Crippen LogP contribution in [-0.4, -0.2) is 38.5 Å². The molecular weight excluding hydrogens is 238 g/mol. The zero-order chi connectivity index (χ0) is 13.5. The molecule has 2 rings (SSSR count). The zero-order valence-electron chi connectivity index (χ0n) is 12.0. The van der Waals surface area contributed by atoms with Gasteiger partial charge in [-0.1, -0.05) is 43.7 Å². The van der Waals surface area contributed by atoms with Crippen LogP contribution in [0.15, 0.2) is 30.3 Å². The van der Waals surface area contributed by atoms with Crippen LogP contribution in [0.4, 0.5) is 0 Å². The van der Waals surface area contributed by atoms with Crippen LogP contribution in [0.2, 0.25) is 0 Å². The highest BCUT2D eigenvalue weighted by molar-refractivity contribution is 5.20. The van der Waals surface area contributed by atoms with E-state index in [4.69, 9.17) is 9.47 Å². The van der Waals surface area contributed by atoms with Crippen molar-refractivity contribution in [1.82, 2.24) is 4.90 Å². The first-order valence-corrected chi connectivity index (χ1v) is 7.23. The van der Waals surface area contributed by atoms with Crippen LogP contribution in [0.1, 0.15) is 31.4 Å². The molecule has 1 aromatic carbocycles. The largest absolute Gasteiger partial charge is 0.355 e. The number of nitrogens with zero attached hydrogens (tertiary/aromatic N) is 1. The normalized spacial score (nSPS) is 18.7. The van der Waals surface area contributed by atoms with Gasteiger partial charge >= 0.3 is 0 Å². The molecule has 1 aromatic rings. The lowest BCUT2D eigenvalue weighted by Crippen LogP contribution is -2.38. The maximum Gasteiger partial charge on any atom is 0.146 e. The molecule has 19 heavy (non-hydrogen) atoms. The Bertz CT molecular complexity index is 349. The van der Waals surface area contributed by atoms with Gasteiger partial charge < -0.3 is 9.47 Å². The smallest absolute Gasteiger partial charge is 0.146 e. The molecule has 0 aromatic heterocycles. The summed E-state index contributed by atoms with van der Waals surface area (Å²) < 4.78 is 11.0. The van der Waals surface area contributed by atoms with Crippen LogP contribution in [-0.2, 0) is 9.47 Å². The quantitative estimate of drug-likeness (QED) is 0.787. The third-order valence-electron chi connectivity index (χ3n) is 3.76. The highest BCUT2D eigenvalue weighted by Gasteiger charge is 2.29. The second kappa shape index (κ2) is 7.63. The van der Waals surface area contributed by atoms with Gasteiger partial charge in [-0.15, -0.1) is 0 Å². The Kier molecular flexibility index (Phi) is 5.83. The van der Waals surface area contributed by atoms with E-state index in [0.29, 0.717) is 18.8 Å². The van der Waals surface area contributed by atoms with E-state index >= 15 is 0 Å².